The summed E-state index contributed by atoms with van der Waals surface area (Å²) in [6.45, 7) is 12.8. The highest BCUT2D eigenvalue weighted by atomic mass is 16.1. The Morgan fingerprint density at radius 1 is 0.944 bits per heavy atom. The molecule has 1 aliphatic rings. The standard InChI is InChI=1S/C10H8O.C5H12.C2H6/c11-10-6-5-8-3-1-2-4-9(8)7-10;1-5(2,3)4;1-2/h1-6H,7H2;1-4H3;1-2H3. The van der Waals surface area contributed by atoms with Gasteiger partial charge in [-0.25, -0.2) is 0 Å². The van der Waals surface area contributed by atoms with Crippen LogP contribution >= 0.6 is 0 Å². The Morgan fingerprint density at radius 2 is 1.44 bits per heavy atom. The molecule has 0 atom stereocenters. The Labute approximate surface area is 112 Å². The van der Waals surface area contributed by atoms with Crippen molar-refractivity contribution < 1.29 is 4.79 Å². The van der Waals surface area contributed by atoms with Gasteiger partial charge >= 0.3 is 0 Å². The molecule has 0 N–H and O–H groups in total. The first-order valence-electron chi connectivity index (χ1n) is 6.65. The smallest absolute Gasteiger partial charge is 0.160 e. The van der Waals surface area contributed by atoms with Gasteiger partial charge in [-0.15, -0.1) is 0 Å². The maximum absolute atomic E-state index is 10.9. The van der Waals surface area contributed by atoms with E-state index in [1.807, 2.05) is 44.2 Å². The maximum Gasteiger partial charge on any atom is 0.160 e. The third-order valence-corrected chi connectivity index (χ3v) is 1.87. The minimum absolute atomic E-state index is 0.198. The van der Waals surface area contributed by atoms with E-state index in [2.05, 4.69) is 27.7 Å². The average Bonchev–Trinajstić information content (AvgIpc) is 2.29. The second-order valence-corrected chi connectivity index (χ2v) is 5.68. The third-order valence-electron chi connectivity index (χ3n) is 1.87. The molecule has 0 saturated heterocycles. The molecule has 1 aliphatic carbocycles. The monoisotopic (exact) mass is 246 g/mol. The summed E-state index contributed by atoms with van der Waals surface area (Å²) < 4.78 is 0. The van der Waals surface area contributed by atoms with Crippen molar-refractivity contribution in [3.8, 4) is 0 Å². The molecule has 0 spiro atoms. The molecule has 1 heteroatoms. The second kappa shape index (κ2) is 7.86. The Morgan fingerprint density at radius 3 is 2.00 bits per heavy atom. The predicted octanol–water partition coefficient (Wildman–Crippen LogP) is 4.90. The van der Waals surface area contributed by atoms with Crippen molar-refractivity contribution in [3.63, 3.8) is 0 Å². The molecule has 0 unspecified atom stereocenters. The molecule has 1 aromatic carbocycles. The number of allylic oxidation sites excluding steroid dienone is 1. The van der Waals surface area contributed by atoms with Crippen LogP contribution in [0, 0.1) is 5.41 Å². The van der Waals surface area contributed by atoms with Gasteiger partial charge in [0.25, 0.3) is 0 Å². The number of rotatable bonds is 0. The largest absolute Gasteiger partial charge is 0.294 e. The van der Waals surface area contributed by atoms with E-state index in [9.17, 15) is 4.79 Å². The van der Waals surface area contributed by atoms with Gasteiger partial charge in [0.15, 0.2) is 5.78 Å². The lowest BCUT2D eigenvalue weighted by atomic mass is 9.97. The number of hydrogen-bond acceptors (Lipinski definition) is 1. The van der Waals surface area contributed by atoms with Crippen LogP contribution in [-0.4, -0.2) is 5.78 Å². The zero-order valence-electron chi connectivity index (χ0n) is 12.6. The van der Waals surface area contributed by atoms with E-state index < -0.39 is 0 Å². The molecular weight excluding hydrogens is 220 g/mol. The van der Waals surface area contributed by atoms with E-state index >= 15 is 0 Å². The van der Waals surface area contributed by atoms with E-state index in [0.29, 0.717) is 11.8 Å². The molecule has 0 radical (unpaired) electrons. The van der Waals surface area contributed by atoms with Crippen molar-refractivity contribution >= 4 is 11.9 Å². The van der Waals surface area contributed by atoms with Crippen LogP contribution in [0.25, 0.3) is 6.08 Å². The summed E-state index contributed by atoms with van der Waals surface area (Å²) in [6, 6.07) is 7.97. The van der Waals surface area contributed by atoms with Crippen LogP contribution in [0.5, 0.6) is 0 Å². The first-order chi connectivity index (χ1) is 8.36. The molecule has 0 aliphatic heterocycles. The molecule has 1 nitrogen and oxygen atoms in total. The van der Waals surface area contributed by atoms with Crippen LogP contribution in [0.3, 0.4) is 0 Å². The van der Waals surface area contributed by atoms with E-state index in [1.165, 1.54) is 5.56 Å². The molecule has 0 fully saturated rings. The van der Waals surface area contributed by atoms with Crippen molar-refractivity contribution in [1.82, 2.24) is 0 Å². The number of hydrogen-bond donors (Lipinski definition) is 0. The Balaban J connectivity index is 0.000000354. The lowest BCUT2D eigenvalue weighted by Crippen LogP contribution is -2.04. The molecule has 18 heavy (non-hydrogen) atoms. The number of fused-ring (bicyclic) bond motifs is 1. The van der Waals surface area contributed by atoms with Gasteiger partial charge in [-0.3, -0.25) is 4.79 Å². The Bertz CT molecular complexity index is 388. The fourth-order valence-electron chi connectivity index (χ4n) is 1.29. The van der Waals surface area contributed by atoms with Gasteiger partial charge in [0.1, 0.15) is 0 Å². The van der Waals surface area contributed by atoms with E-state index in [-0.39, 0.29) is 5.78 Å². The normalized spacial score (nSPS) is 12.7. The van der Waals surface area contributed by atoms with Crippen molar-refractivity contribution in [2.75, 3.05) is 0 Å². The lowest BCUT2D eigenvalue weighted by Gasteiger charge is -2.07. The number of ketones is 1. The first-order valence-corrected chi connectivity index (χ1v) is 6.65. The molecule has 0 aromatic heterocycles. The molecule has 0 bridgehead atoms. The van der Waals surface area contributed by atoms with Crippen molar-refractivity contribution in [2.45, 2.75) is 48.0 Å². The minimum atomic E-state index is 0.198. The SMILES string of the molecule is CC.CC(C)(C)C.O=C1C=Cc2ccccc2C1. The van der Waals surface area contributed by atoms with Crippen molar-refractivity contribution in [1.29, 1.82) is 0 Å². The average molecular weight is 246 g/mol. The van der Waals surface area contributed by atoms with Gasteiger partial charge in [0, 0.05) is 6.42 Å². The molecule has 0 heterocycles. The highest BCUT2D eigenvalue weighted by Crippen LogP contribution is 2.15. The quantitative estimate of drug-likeness (QED) is 0.636. The van der Waals surface area contributed by atoms with Gasteiger partial charge in [-0.1, -0.05) is 71.9 Å². The molecule has 100 valence electrons. The zero-order chi connectivity index (χ0) is 14.2. The molecule has 1 aromatic rings. The lowest BCUT2D eigenvalue weighted by molar-refractivity contribution is -0.114. The van der Waals surface area contributed by atoms with Crippen molar-refractivity contribution in [3.05, 3.63) is 41.5 Å². The fourth-order valence-corrected chi connectivity index (χ4v) is 1.29. The molecular formula is C17H26O. The topological polar surface area (TPSA) is 17.1 Å². The van der Waals surface area contributed by atoms with Crippen LogP contribution in [0.1, 0.15) is 52.7 Å². The van der Waals surface area contributed by atoms with Crippen LogP contribution in [0.4, 0.5) is 0 Å². The van der Waals surface area contributed by atoms with Crippen LogP contribution < -0.4 is 0 Å². The van der Waals surface area contributed by atoms with E-state index in [1.54, 1.807) is 6.08 Å². The molecule has 0 saturated carbocycles. The summed E-state index contributed by atoms with van der Waals surface area (Å²) in [6.07, 6.45) is 4.08. The fraction of sp³-hybridized carbons (Fsp3) is 0.471. The highest BCUT2D eigenvalue weighted by molar-refractivity contribution is 5.98. The summed E-state index contributed by atoms with van der Waals surface area (Å²) in [4.78, 5) is 10.9. The highest BCUT2D eigenvalue weighted by Gasteiger charge is 2.07. The van der Waals surface area contributed by atoms with Crippen LogP contribution in [0.15, 0.2) is 30.3 Å². The summed E-state index contributed by atoms with van der Waals surface area (Å²) >= 11 is 0. The van der Waals surface area contributed by atoms with Gasteiger partial charge in [-0.05, 0) is 22.6 Å². The van der Waals surface area contributed by atoms with Gasteiger partial charge in [-0.2, -0.15) is 0 Å². The minimum Gasteiger partial charge on any atom is -0.294 e. The summed E-state index contributed by atoms with van der Waals surface area (Å²) in [5, 5.41) is 0. The van der Waals surface area contributed by atoms with Crippen molar-refractivity contribution in [2.24, 2.45) is 5.41 Å². The van der Waals surface area contributed by atoms with Crippen LogP contribution in [-0.2, 0) is 11.2 Å². The summed E-state index contributed by atoms with van der Waals surface area (Å²) in [5.41, 5.74) is 2.81. The maximum atomic E-state index is 10.9. The number of carbonyl (C=O) groups is 1. The molecule has 0 amide bonds. The Hall–Kier alpha value is -1.37. The third kappa shape index (κ3) is 7.83. The predicted molar refractivity (Wildman–Crippen MR) is 80.7 cm³/mol. The Kier molecular flexibility index (Phi) is 7.26. The second-order valence-electron chi connectivity index (χ2n) is 5.68. The van der Waals surface area contributed by atoms with Gasteiger partial charge in [0.2, 0.25) is 0 Å². The van der Waals surface area contributed by atoms with Gasteiger partial charge in [0.05, 0.1) is 0 Å². The van der Waals surface area contributed by atoms with E-state index in [0.717, 1.165) is 5.56 Å². The van der Waals surface area contributed by atoms with E-state index in [4.69, 9.17) is 0 Å². The number of benzene rings is 1. The summed E-state index contributed by atoms with van der Waals surface area (Å²) in [7, 11) is 0. The zero-order valence-corrected chi connectivity index (χ0v) is 12.6. The summed E-state index contributed by atoms with van der Waals surface area (Å²) in [5.74, 6) is 0.198. The van der Waals surface area contributed by atoms with Gasteiger partial charge < -0.3 is 0 Å². The molecule has 2 rings (SSSR count). The first kappa shape index (κ1) is 16.6. The van der Waals surface area contributed by atoms with Crippen LogP contribution in [0.2, 0.25) is 0 Å². The number of carbonyl (C=O) groups excluding carboxylic acids is 1.